The lowest BCUT2D eigenvalue weighted by atomic mass is 10.0. The molecular weight excluding hydrogens is 1280 g/mol. The molecule has 1 saturated heterocycles. The van der Waals surface area contributed by atoms with Crippen molar-refractivity contribution in [1.29, 1.82) is 0 Å². The fourth-order valence-corrected chi connectivity index (χ4v) is 5.01. The smallest absolute Gasteiger partial charge is 0.308 e. The summed E-state index contributed by atoms with van der Waals surface area (Å²) in [5.41, 5.74) is 9.79. The maximum atomic E-state index is 10.8. The quantitative estimate of drug-likeness (QED) is 0.0356. The fraction of sp³-hybridized carbons (Fsp3) is 0.625. The number of primary amides is 2. The zero-order valence-electron chi connectivity index (χ0n) is 58.0. The van der Waals surface area contributed by atoms with Crippen molar-refractivity contribution in [3.8, 4) is 0 Å². The van der Waals surface area contributed by atoms with E-state index in [1.807, 2.05) is 0 Å². The number of ketones is 6. The Kier molecular flexibility index (Phi) is 81.7. The van der Waals surface area contributed by atoms with Gasteiger partial charge in [0.05, 0.1) is 50.7 Å². The molecule has 0 spiro atoms. The first-order chi connectivity index (χ1) is 42.9. The van der Waals surface area contributed by atoms with E-state index in [1.54, 1.807) is 27.7 Å². The van der Waals surface area contributed by atoms with E-state index in [9.17, 15) is 95.9 Å². The lowest BCUT2D eigenvalue weighted by Crippen LogP contribution is -2.28. The number of nitrogens with two attached hydrogens (primary N) is 2. The van der Waals surface area contributed by atoms with E-state index in [2.05, 4.69) is 30.7 Å². The Balaban J connectivity index is -0.0000000825. The number of methoxy groups -OCH3 is 2. The van der Waals surface area contributed by atoms with Gasteiger partial charge in [-0.2, -0.15) is 0 Å². The lowest BCUT2D eigenvalue weighted by molar-refractivity contribution is -0.150. The van der Waals surface area contributed by atoms with Gasteiger partial charge in [-0.25, -0.2) is 0 Å². The lowest BCUT2D eigenvalue weighted by Gasteiger charge is -2.05. The second-order valence-corrected chi connectivity index (χ2v) is 20.6. The number of carboxylic acid groups (broad SMARTS) is 4. The van der Waals surface area contributed by atoms with E-state index in [0.29, 0.717) is 12.8 Å². The van der Waals surface area contributed by atoms with Gasteiger partial charge in [-0.3, -0.25) is 96.0 Å². The Morgan fingerprint density at radius 2 is 0.794 bits per heavy atom. The molecule has 0 aromatic carbocycles. The molecule has 1 heterocycles. The van der Waals surface area contributed by atoms with Gasteiger partial charge in [-0.15, -0.1) is 0 Å². The predicted molar refractivity (Wildman–Crippen MR) is 360 cm³/mol. The molecule has 8 atom stereocenters. The number of aliphatic carboxylic acids is 4. The zero-order chi connectivity index (χ0) is 76.5. The molecule has 0 aliphatic carbocycles. The number of nitrogens with one attached hydrogen (secondary N) is 4. The molecule has 8 unspecified atom stereocenters. The minimum Gasteiger partial charge on any atom is -0.481 e. The summed E-state index contributed by atoms with van der Waals surface area (Å²) in [6.45, 7) is 21.4. The van der Waals surface area contributed by atoms with Gasteiger partial charge in [0, 0.05) is 97.4 Å². The Morgan fingerprint density at radius 1 is 0.474 bits per heavy atom. The summed E-state index contributed by atoms with van der Waals surface area (Å²) in [4.78, 5) is 209. The number of esters is 2. The molecule has 0 bridgehead atoms. The summed E-state index contributed by atoms with van der Waals surface area (Å²) in [7, 11) is 10.0. The van der Waals surface area contributed by atoms with Crippen molar-refractivity contribution in [2.45, 2.75) is 171 Å². The van der Waals surface area contributed by atoms with Crippen molar-refractivity contribution in [3.05, 3.63) is 24.3 Å². The Hall–Kier alpha value is -9.72. The Labute approximate surface area is 571 Å². The number of imide groups is 1. The normalized spacial score (nSPS) is 12.9. The third kappa shape index (κ3) is 86.3. The van der Waals surface area contributed by atoms with E-state index in [-0.39, 0.29) is 155 Å². The molecule has 0 aromatic rings. The van der Waals surface area contributed by atoms with Crippen molar-refractivity contribution in [2.75, 3.05) is 49.5 Å². The van der Waals surface area contributed by atoms with Crippen molar-refractivity contribution >= 4 is 118 Å². The standard InChI is InChI=1S/C7H12O2.2C6H12N2O2.2C6H11NO3.C6H9NO2.2C6H10O4.2C6H8O2.3CH4/c1-5(7(3)9)4-6(2)8;1-4(6(7)10)3-5(9)8-2;1-4(3-5(7)9)6(10)8-2;2*1-4(6(9)10)3-5(8)7-2;1-4-3-5(8)7(2)6(4)9;1-4(6(8)9)3-5(7)10-2;1-4(3-5(7)8)6(9)10-2;2*1-5(7)3-4-6(2)8;;;/h5H,4H2,1-3H3;4H,3H2,1-2H3,(H2,7,10)(H,8,9);4H,3H2,1-2H3,(H2,7,9)(H,8,10);2*4H,3H2,1-2H3,(H,7,8)(H,9,10);4H,3H2,1-2H3;4H,3H2,1-2H3,(H,8,9);4H,3H2,1-2H3,(H,7,8);2*3-4H,1-2H3;3*1H4/b;;;;;;;;4-3+;4-3-;;;. The average Bonchev–Trinajstić information content (AvgIpc) is 1.74. The molecular formula is C64H115N7O26. The molecule has 1 aliphatic rings. The average molecular weight is 1400 g/mol. The monoisotopic (exact) mass is 1400 g/mol. The first-order valence-electron chi connectivity index (χ1n) is 28.5. The highest BCUT2D eigenvalue weighted by Gasteiger charge is 2.32. The molecule has 1 fully saturated rings. The van der Waals surface area contributed by atoms with E-state index in [0.717, 1.165) is 0 Å². The Morgan fingerprint density at radius 3 is 0.969 bits per heavy atom. The molecule has 8 amide bonds. The van der Waals surface area contributed by atoms with E-state index < -0.39 is 71.3 Å². The van der Waals surface area contributed by atoms with Gasteiger partial charge in [-0.05, 0) is 65.8 Å². The molecule has 1 rings (SSSR count). The number of carbonyl (C=O) groups is 20. The SMILES string of the molecule is C.C.C.CC(=O)/C=C/C(C)=O.CC(=O)/C=C\C(C)=O.CC(=O)CC(C)C(C)=O.CC1CC(=O)N(C)C1=O.CNC(=O)C(C)CC(N)=O.CNC(=O)CC(C)C(=O)O.CNC(=O)CC(C)C(=O)O.CNC(=O)CC(C)C(N)=O.COC(=O)C(C)CC(=O)O.COC(=O)CC(C)C(=O)O. The number of ether oxygens (including phenoxy) is 2. The van der Waals surface area contributed by atoms with Crippen LogP contribution in [0.5, 0.6) is 0 Å². The third-order valence-electron chi connectivity index (χ3n) is 11.0. The third-order valence-corrected chi connectivity index (χ3v) is 11.0. The minimum atomic E-state index is -0.988. The van der Waals surface area contributed by atoms with Crippen LogP contribution < -0.4 is 32.7 Å². The van der Waals surface area contributed by atoms with Crippen molar-refractivity contribution in [2.24, 2.45) is 58.8 Å². The highest BCUT2D eigenvalue weighted by Crippen LogP contribution is 2.16. The van der Waals surface area contributed by atoms with Crippen molar-refractivity contribution in [1.82, 2.24) is 26.2 Å². The van der Waals surface area contributed by atoms with Crippen LogP contribution in [-0.2, 0) is 105 Å². The molecule has 0 radical (unpaired) electrons. The molecule has 562 valence electrons. The number of carbonyl (C=O) groups excluding carboxylic acids is 16. The second-order valence-electron chi connectivity index (χ2n) is 20.6. The summed E-state index contributed by atoms with van der Waals surface area (Å²) in [6, 6.07) is 0. The van der Waals surface area contributed by atoms with E-state index >= 15 is 0 Å². The molecule has 1 aliphatic heterocycles. The first-order valence-corrected chi connectivity index (χ1v) is 28.5. The highest BCUT2D eigenvalue weighted by atomic mass is 16.5. The predicted octanol–water partition coefficient (Wildman–Crippen LogP) is 3.27. The van der Waals surface area contributed by atoms with Crippen molar-refractivity contribution in [3.63, 3.8) is 0 Å². The molecule has 33 heteroatoms. The van der Waals surface area contributed by atoms with Gasteiger partial charge < -0.3 is 67.4 Å². The van der Waals surface area contributed by atoms with Crippen molar-refractivity contribution < 1.29 is 126 Å². The maximum absolute atomic E-state index is 10.8. The summed E-state index contributed by atoms with van der Waals surface area (Å²) < 4.78 is 8.58. The molecule has 12 N–H and O–H groups in total. The number of amides is 8. The van der Waals surface area contributed by atoms with E-state index in [1.165, 1.54) is 148 Å². The van der Waals surface area contributed by atoms with Gasteiger partial charge in [0.2, 0.25) is 47.3 Å². The maximum Gasteiger partial charge on any atom is 0.308 e. The molecule has 0 aromatic heterocycles. The highest BCUT2D eigenvalue weighted by molar-refractivity contribution is 6.03. The number of hydrogen-bond donors (Lipinski definition) is 10. The van der Waals surface area contributed by atoms with Crippen LogP contribution in [0.4, 0.5) is 0 Å². The first kappa shape index (κ1) is 115. The van der Waals surface area contributed by atoms with Crippen LogP contribution in [0.2, 0.25) is 0 Å². The van der Waals surface area contributed by atoms with Gasteiger partial charge >= 0.3 is 35.8 Å². The number of allylic oxidation sites excluding steroid dienone is 4. The van der Waals surface area contributed by atoms with Crippen LogP contribution >= 0.6 is 0 Å². The molecule has 33 nitrogen and oxygen atoms in total. The zero-order valence-corrected chi connectivity index (χ0v) is 58.0. The summed E-state index contributed by atoms with van der Waals surface area (Å²) in [5.74, 6) is -10.1. The van der Waals surface area contributed by atoms with E-state index in [4.69, 9.17) is 31.9 Å². The minimum absolute atomic E-state index is 0. The van der Waals surface area contributed by atoms with Crippen LogP contribution in [0.3, 0.4) is 0 Å². The van der Waals surface area contributed by atoms with Gasteiger partial charge in [-0.1, -0.05) is 77.7 Å². The van der Waals surface area contributed by atoms with Crippen LogP contribution in [-0.4, -0.2) is 193 Å². The number of carboxylic acids is 4. The van der Waals surface area contributed by atoms with Gasteiger partial charge in [0.25, 0.3) is 0 Å². The summed E-state index contributed by atoms with van der Waals surface area (Å²) in [5, 5.41) is 42.8. The summed E-state index contributed by atoms with van der Waals surface area (Å²) >= 11 is 0. The van der Waals surface area contributed by atoms with Crippen LogP contribution in [0.1, 0.15) is 171 Å². The van der Waals surface area contributed by atoms with Gasteiger partial charge in [0.1, 0.15) is 11.6 Å². The number of nitrogens with zero attached hydrogens (tertiary/aromatic N) is 1. The molecule has 0 saturated carbocycles. The Bertz CT molecular complexity index is 2330. The van der Waals surface area contributed by atoms with Crippen LogP contribution in [0.25, 0.3) is 0 Å². The topological polar surface area (TPSA) is 544 Å². The number of Topliss-reactive ketones (excluding diaryl/α,β-unsaturated/α-hetero) is 2. The fourth-order valence-electron chi connectivity index (χ4n) is 5.01. The largest absolute Gasteiger partial charge is 0.481 e. The van der Waals surface area contributed by atoms with Gasteiger partial charge in [0.15, 0.2) is 23.1 Å². The number of rotatable bonds is 25. The second kappa shape index (κ2) is 69.1. The number of hydrogen-bond acceptors (Lipinski definition) is 22. The summed E-state index contributed by atoms with van der Waals surface area (Å²) in [6.07, 6.45) is 5.92. The van der Waals surface area contributed by atoms with Crippen LogP contribution in [0.15, 0.2) is 24.3 Å². The molecule has 97 heavy (non-hydrogen) atoms. The van der Waals surface area contributed by atoms with Crippen LogP contribution in [0, 0.1) is 47.3 Å². The number of likely N-dealkylation sites (tertiary alicyclic amines) is 1.